The van der Waals surface area contributed by atoms with Gasteiger partial charge in [0.25, 0.3) is 5.91 Å². The van der Waals surface area contributed by atoms with Crippen LogP contribution in [0.3, 0.4) is 0 Å². The molecule has 1 aliphatic carbocycles. The number of carbonyl (C=O) groups is 1. The number of likely N-dealkylation sites (tertiary alicyclic amines) is 1. The fraction of sp³-hybridized carbons (Fsp3) is 0.588. The van der Waals surface area contributed by atoms with E-state index in [2.05, 4.69) is 12.1 Å². The van der Waals surface area contributed by atoms with Crippen molar-refractivity contribution in [2.24, 2.45) is 5.73 Å². The Balaban J connectivity index is 0.00000132. The van der Waals surface area contributed by atoms with Crippen molar-refractivity contribution in [2.45, 2.75) is 44.6 Å². The topological polar surface area (TPSA) is 87.1 Å². The van der Waals surface area contributed by atoms with Crippen LogP contribution in [0.5, 0.6) is 5.75 Å². The van der Waals surface area contributed by atoms with E-state index in [9.17, 15) is 4.79 Å². The van der Waals surface area contributed by atoms with Crippen molar-refractivity contribution in [1.82, 2.24) is 4.90 Å². The summed E-state index contributed by atoms with van der Waals surface area (Å²) < 4.78 is 5.69. The third kappa shape index (κ3) is 5.09. The number of aryl methyl sites for hydroxylation is 1. The van der Waals surface area contributed by atoms with E-state index in [-0.39, 0.29) is 36.4 Å². The van der Waals surface area contributed by atoms with E-state index in [0.29, 0.717) is 0 Å². The summed E-state index contributed by atoms with van der Waals surface area (Å²) in [7, 11) is 0. The number of nitrogens with two attached hydrogens (primary N) is 1. The van der Waals surface area contributed by atoms with E-state index in [1.54, 1.807) is 0 Å². The molecule has 1 aliphatic heterocycles. The van der Waals surface area contributed by atoms with Crippen LogP contribution in [0.25, 0.3) is 0 Å². The van der Waals surface area contributed by atoms with Crippen molar-refractivity contribution < 1.29 is 15.0 Å². The molecule has 130 valence electrons. The van der Waals surface area contributed by atoms with E-state index < -0.39 is 0 Å². The molecule has 1 aromatic rings. The molecule has 1 aromatic carbocycles. The quantitative estimate of drug-likeness (QED) is 0.902. The minimum atomic E-state index is 0. The Hall–Kier alpha value is -1.30. The second-order valence-corrected chi connectivity index (χ2v) is 6.16. The largest absolute Gasteiger partial charge is 0.484 e. The van der Waals surface area contributed by atoms with Gasteiger partial charge < -0.3 is 20.8 Å². The van der Waals surface area contributed by atoms with Gasteiger partial charge in [0, 0.05) is 19.1 Å². The molecule has 0 aromatic heterocycles. The molecule has 1 atom stereocenters. The molecule has 3 rings (SSSR count). The van der Waals surface area contributed by atoms with Crippen molar-refractivity contribution >= 4 is 18.3 Å². The smallest absolute Gasteiger partial charge is 0.260 e. The lowest BCUT2D eigenvalue weighted by Gasteiger charge is -2.26. The van der Waals surface area contributed by atoms with Crippen molar-refractivity contribution in [3.8, 4) is 5.75 Å². The molecule has 0 spiro atoms. The minimum absolute atomic E-state index is 0. The molecular formula is C17H27ClN2O3. The van der Waals surface area contributed by atoms with Crippen LogP contribution in [0.1, 0.15) is 36.8 Å². The van der Waals surface area contributed by atoms with E-state index in [0.717, 1.165) is 50.9 Å². The average molecular weight is 343 g/mol. The Kier molecular flexibility index (Phi) is 7.82. The van der Waals surface area contributed by atoms with Crippen LogP contribution in [0, 0.1) is 0 Å². The van der Waals surface area contributed by atoms with Gasteiger partial charge in [0.1, 0.15) is 5.75 Å². The first-order chi connectivity index (χ1) is 10.2. The van der Waals surface area contributed by atoms with Gasteiger partial charge in [0.15, 0.2) is 6.61 Å². The summed E-state index contributed by atoms with van der Waals surface area (Å²) in [5.74, 6) is 0.886. The number of fused-ring (bicyclic) bond motifs is 1. The van der Waals surface area contributed by atoms with Gasteiger partial charge in [-0.2, -0.15) is 0 Å². The van der Waals surface area contributed by atoms with E-state index in [1.165, 1.54) is 17.5 Å². The number of hydrogen-bond acceptors (Lipinski definition) is 3. The highest BCUT2D eigenvalue weighted by Crippen LogP contribution is 2.25. The van der Waals surface area contributed by atoms with Gasteiger partial charge in [-0.15, -0.1) is 12.4 Å². The van der Waals surface area contributed by atoms with Gasteiger partial charge in [0.05, 0.1) is 0 Å². The first-order valence-electron chi connectivity index (χ1n) is 8.00. The van der Waals surface area contributed by atoms with Crippen molar-refractivity contribution in [3.63, 3.8) is 0 Å². The van der Waals surface area contributed by atoms with Crippen LogP contribution < -0.4 is 10.5 Å². The second-order valence-electron chi connectivity index (χ2n) is 6.16. The molecule has 1 heterocycles. The van der Waals surface area contributed by atoms with Gasteiger partial charge in [0.2, 0.25) is 0 Å². The monoisotopic (exact) mass is 342 g/mol. The van der Waals surface area contributed by atoms with Crippen molar-refractivity contribution in [1.29, 1.82) is 0 Å². The number of rotatable bonds is 3. The first kappa shape index (κ1) is 19.7. The first-order valence-corrected chi connectivity index (χ1v) is 8.00. The zero-order valence-corrected chi connectivity index (χ0v) is 14.2. The lowest BCUT2D eigenvalue weighted by atomic mass is 9.89. The minimum Gasteiger partial charge on any atom is -0.484 e. The molecule has 2 aliphatic rings. The van der Waals surface area contributed by atoms with Gasteiger partial charge in [-0.05, 0) is 61.8 Å². The van der Waals surface area contributed by atoms with Gasteiger partial charge in [-0.25, -0.2) is 0 Å². The molecule has 6 heteroatoms. The molecule has 1 amide bonds. The van der Waals surface area contributed by atoms with Crippen LogP contribution in [-0.2, 0) is 17.6 Å². The lowest BCUT2D eigenvalue weighted by Crippen LogP contribution is -2.38. The van der Waals surface area contributed by atoms with Crippen LogP contribution >= 0.6 is 12.4 Å². The SMILES string of the molecule is Cl.NC1CCc2ccc(OCC(=O)N3CCCCC3)cc2C1.O. The predicted molar refractivity (Wildman–Crippen MR) is 93.2 cm³/mol. The van der Waals surface area contributed by atoms with Crippen LogP contribution in [0.15, 0.2) is 18.2 Å². The number of carbonyl (C=O) groups excluding carboxylic acids is 1. The Labute approximate surface area is 143 Å². The predicted octanol–water partition coefficient (Wildman–Crippen LogP) is 1.49. The highest BCUT2D eigenvalue weighted by molar-refractivity contribution is 5.85. The summed E-state index contributed by atoms with van der Waals surface area (Å²) in [6.45, 7) is 1.90. The zero-order valence-electron chi connectivity index (χ0n) is 13.4. The number of nitrogens with zero attached hydrogens (tertiary/aromatic N) is 1. The van der Waals surface area contributed by atoms with Crippen LogP contribution in [0.2, 0.25) is 0 Å². The third-order valence-corrected chi connectivity index (χ3v) is 4.52. The summed E-state index contributed by atoms with van der Waals surface area (Å²) in [5, 5.41) is 0. The van der Waals surface area contributed by atoms with Crippen LogP contribution in [0.4, 0.5) is 0 Å². The van der Waals surface area contributed by atoms with E-state index in [4.69, 9.17) is 10.5 Å². The zero-order chi connectivity index (χ0) is 14.7. The van der Waals surface area contributed by atoms with Gasteiger partial charge in [-0.3, -0.25) is 4.79 Å². The average Bonchev–Trinajstić information content (AvgIpc) is 2.53. The second kappa shape index (κ2) is 9.11. The molecule has 1 saturated heterocycles. The lowest BCUT2D eigenvalue weighted by molar-refractivity contribution is -0.134. The highest BCUT2D eigenvalue weighted by Gasteiger charge is 2.18. The molecule has 4 N–H and O–H groups in total. The Morgan fingerprint density at radius 3 is 2.70 bits per heavy atom. The molecule has 1 unspecified atom stereocenters. The fourth-order valence-corrected chi connectivity index (χ4v) is 3.23. The summed E-state index contributed by atoms with van der Waals surface area (Å²) >= 11 is 0. The summed E-state index contributed by atoms with van der Waals surface area (Å²) in [5.41, 5.74) is 8.66. The molecule has 0 saturated carbocycles. The molecule has 0 radical (unpaired) electrons. The van der Waals surface area contributed by atoms with Gasteiger partial charge >= 0.3 is 0 Å². The number of amides is 1. The highest BCUT2D eigenvalue weighted by atomic mass is 35.5. The normalized spacial score (nSPS) is 19.9. The van der Waals surface area contributed by atoms with E-state index in [1.807, 2.05) is 11.0 Å². The third-order valence-electron chi connectivity index (χ3n) is 4.52. The summed E-state index contributed by atoms with van der Waals surface area (Å²) in [6.07, 6.45) is 6.47. The molecule has 5 nitrogen and oxygen atoms in total. The Morgan fingerprint density at radius 2 is 1.96 bits per heavy atom. The maximum Gasteiger partial charge on any atom is 0.260 e. The number of ether oxygens (including phenoxy) is 1. The Morgan fingerprint density at radius 1 is 1.22 bits per heavy atom. The molecule has 1 fully saturated rings. The standard InChI is InChI=1S/C17H24N2O2.ClH.H2O/c18-15-6-4-13-5-7-16(11-14(13)10-15)21-12-17(20)19-8-2-1-3-9-19;;/h5,7,11,15H,1-4,6,8-10,12,18H2;1H;1H2. The van der Waals surface area contributed by atoms with Crippen LogP contribution in [-0.4, -0.2) is 42.0 Å². The van der Waals surface area contributed by atoms with Crippen molar-refractivity contribution in [3.05, 3.63) is 29.3 Å². The van der Waals surface area contributed by atoms with E-state index >= 15 is 0 Å². The Bertz CT molecular complexity index is 519. The number of piperidine rings is 1. The number of halogens is 1. The molecule has 23 heavy (non-hydrogen) atoms. The maximum atomic E-state index is 12.1. The number of benzene rings is 1. The molecule has 0 bridgehead atoms. The number of hydrogen-bond donors (Lipinski definition) is 1. The summed E-state index contributed by atoms with van der Waals surface area (Å²) in [6, 6.07) is 6.39. The molecular weight excluding hydrogens is 316 g/mol. The summed E-state index contributed by atoms with van der Waals surface area (Å²) in [4.78, 5) is 14.0. The fourth-order valence-electron chi connectivity index (χ4n) is 3.23. The van der Waals surface area contributed by atoms with Gasteiger partial charge in [-0.1, -0.05) is 6.07 Å². The maximum absolute atomic E-state index is 12.1. The van der Waals surface area contributed by atoms with Crippen molar-refractivity contribution in [2.75, 3.05) is 19.7 Å².